The largest absolute Gasteiger partial charge is 0.487 e. The highest BCUT2D eigenvalue weighted by atomic mass is 16.5. The molecule has 0 unspecified atom stereocenters. The fraction of sp³-hybridized carbons (Fsp3) is 0.462. The van der Waals surface area contributed by atoms with Gasteiger partial charge >= 0.3 is 0 Å². The first-order valence-corrected chi connectivity index (χ1v) is 11.6. The lowest BCUT2D eigenvalue weighted by molar-refractivity contribution is -0.121. The van der Waals surface area contributed by atoms with Crippen molar-refractivity contribution in [3.8, 4) is 5.75 Å². The lowest BCUT2D eigenvalue weighted by Crippen LogP contribution is -2.38. The molecule has 0 radical (unpaired) electrons. The van der Waals surface area contributed by atoms with Crippen molar-refractivity contribution in [2.45, 2.75) is 51.7 Å². The molecule has 6 nitrogen and oxygen atoms in total. The van der Waals surface area contributed by atoms with Crippen molar-refractivity contribution < 1.29 is 14.1 Å². The number of carbonyl (C=O) groups is 1. The van der Waals surface area contributed by atoms with Crippen LogP contribution in [-0.4, -0.2) is 41.2 Å². The van der Waals surface area contributed by atoms with E-state index in [1.807, 2.05) is 24.3 Å². The molecule has 3 heterocycles. The number of nitrogens with one attached hydrogen (secondary N) is 1. The summed E-state index contributed by atoms with van der Waals surface area (Å²) < 4.78 is 11.6. The Bertz CT molecular complexity index is 1110. The number of ether oxygens (including phenoxy) is 1. The van der Waals surface area contributed by atoms with Crippen LogP contribution in [0.25, 0.3) is 10.9 Å². The van der Waals surface area contributed by atoms with Crippen LogP contribution in [0.2, 0.25) is 0 Å². The SMILES string of the molecule is CC1(C)Cc2cccc(CN3CCC(CNC(=O)Cc4onc5ccccc45)CC3)c2O1. The van der Waals surface area contributed by atoms with E-state index in [1.165, 1.54) is 11.1 Å². The number of hydrogen-bond acceptors (Lipinski definition) is 5. The molecule has 32 heavy (non-hydrogen) atoms. The second-order valence-electron chi connectivity index (χ2n) is 9.77. The maximum absolute atomic E-state index is 12.4. The molecular weight excluding hydrogens is 402 g/mol. The lowest BCUT2D eigenvalue weighted by atomic mass is 9.96. The van der Waals surface area contributed by atoms with E-state index in [2.05, 4.69) is 47.4 Å². The lowest BCUT2D eigenvalue weighted by Gasteiger charge is -2.32. The van der Waals surface area contributed by atoms with E-state index in [4.69, 9.17) is 9.26 Å². The number of nitrogens with zero attached hydrogens (tertiary/aromatic N) is 2. The van der Waals surface area contributed by atoms with Crippen LogP contribution in [-0.2, 0) is 24.2 Å². The second-order valence-corrected chi connectivity index (χ2v) is 9.77. The highest BCUT2D eigenvalue weighted by Gasteiger charge is 2.32. The number of amides is 1. The molecule has 1 saturated heterocycles. The minimum absolute atomic E-state index is 0.00561. The number of likely N-dealkylation sites (tertiary alicyclic amines) is 1. The molecule has 5 rings (SSSR count). The molecule has 6 heteroatoms. The van der Waals surface area contributed by atoms with Gasteiger partial charge < -0.3 is 14.6 Å². The summed E-state index contributed by atoms with van der Waals surface area (Å²) >= 11 is 0. The zero-order chi connectivity index (χ0) is 22.1. The highest BCUT2D eigenvalue weighted by molar-refractivity contribution is 5.86. The zero-order valence-electron chi connectivity index (χ0n) is 18.9. The number of rotatable bonds is 6. The summed E-state index contributed by atoms with van der Waals surface area (Å²) in [6.07, 6.45) is 3.39. The topological polar surface area (TPSA) is 67.6 Å². The van der Waals surface area contributed by atoms with Crippen LogP contribution >= 0.6 is 0 Å². The minimum Gasteiger partial charge on any atom is -0.487 e. The molecule has 1 aromatic heterocycles. The molecule has 168 valence electrons. The predicted octanol–water partition coefficient (Wildman–Crippen LogP) is 4.11. The van der Waals surface area contributed by atoms with Gasteiger partial charge in [0.15, 0.2) is 5.76 Å². The average molecular weight is 434 g/mol. The summed E-state index contributed by atoms with van der Waals surface area (Å²) in [6.45, 7) is 8.04. The van der Waals surface area contributed by atoms with Crippen LogP contribution < -0.4 is 10.1 Å². The second kappa shape index (κ2) is 8.58. The molecule has 3 aromatic rings. The Hall–Kier alpha value is -2.86. The monoisotopic (exact) mass is 433 g/mol. The number of fused-ring (bicyclic) bond motifs is 2. The van der Waals surface area contributed by atoms with Crippen LogP contribution in [0.1, 0.15) is 43.6 Å². The van der Waals surface area contributed by atoms with Crippen LogP contribution in [0.15, 0.2) is 47.0 Å². The summed E-state index contributed by atoms with van der Waals surface area (Å²) in [7, 11) is 0. The van der Waals surface area contributed by atoms with E-state index >= 15 is 0 Å². The molecule has 2 aliphatic rings. The molecule has 2 aromatic carbocycles. The molecule has 1 amide bonds. The molecule has 2 aliphatic heterocycles. The number of aromatic nitrogens is 1. The maximum atomic E-state index is 12.4. The quantitative estimate of drug-likeness (QED) is 0.634. The first-order valence-electron chi connectivity index (χ1n) is 11.6. The van der Waals surface area contributed by atoms with Crippen LogP contribution in [0.4, 0.5) is 0 Å². The van der Waals surface area contributed by atoms with Gasteiger partial charge in [-0.2, -0.15) is 0 Å². The van der Waals surface area contributed by atoms with Gasteiger partial charge in [0.1, 0.15) is 16.9 Å². The van der Waals surface area contributed by atoms with Gasteiger partial charge in [-0.15, -0.1) is 0 Å². The molecule has 0 saturated carbocycles. The summed E-state index contributed by atoms with van der Waals surface area (Å²) in [4.78, 5) is 14.9. The standard InChI is InChI=1S/C26H31N3O3/c1-26(2)15-19-6-5-7-20(25(19)31-26)17-29-12-10-18(11-13-29)16-27-24(30)14-23-21-8-3-4-9-22(21)28-32-23/h3-9,18H,10-17H2,1-2H3,(H,27,30). The first kappa shape index (κ1) is 21.0. The number of carbonyl (C=O) groups excluding carboxylic acids is 1. The van der Waals surface area contributed by atoms with Gasteiger partial charge in [0.25, 0.3) is 0 Å². The fourth-order valence-electron chi connectivity index (χ4n) is 4.93. The predicted molar refractivity (Wildman–Crippen MR) is 124 cm³/mol. The van der Waals surface area contributed by atoms with Crippen LogP contribution in [0.5, 0.6) is 5.75 Å². The van der Waals surface area contributed by atoms with Gasteiger partial charge in [0, 0.05) is 30.5 Å². The van der Waals surface area contributed by atoms with Gasteiger partial charge in [-0.1, -0.05) is 35.5 Å². The fourth-order valence-corrected chi connectivity index (χ4v) is 4.93. The third-order valence-electron chi connectivity index (χ3n) is 6.64. The molecule has 0 spiro atoms. The normalized spacial score (nSPS) is 18.4. The number of para-hydroxylation sites is 1. The van der Waals surface area contributed by atoms with E-state index in [-0.39, 0.29) is 17.9 Å². The molecule has 1 N–H and O–H groups in total. The van der Waals surface area contributed by atoms with Gasteiger partial charge in [-0.3, -0.25) is 9.69 Å². The smallest absolute Gasteiger partial charge is 0.227 e. The van der Waals surface area contributed by atoms with E-state index in [0.717, 1.165) is 62.1 Å². The Kier molecular flexibility index (Phi) is 5.64. The van der Waals surface area contributed by atoms with Crippen molar-refractivity contribution in [3.05, 3.63) is 59.4 Å². The minimum atomic E-state index is -0.109. The highest BCUT2D eigenvalue weighted by Crippen LogP contribution is 2.38. The summed E-state index contributed by atoms with van der Waals surface area (Å²) in [6, 6.07) is 14.2. The molecular formula is C26H31N3O3. The van der Waals surface area contributed by atoms with E-state index < -0.39 is 0 Å². The van der Waals surface area contributed by atoms with Crippen molar-refractivity contribution in [3.63, 3.8) is 0 Å². The number of piperidine rings is 1. The molecule has 0 bridgehead atoms. The van der Waals surface area contributed by atoms with Gasteiger partial charge in [0.05, 0.1) is 6.42 Å². The van der Waals surface area contributed by atoms with Crippen molar-refractivity contribution in [2.24, 2.45) is 5.92 Å². The Morgan fingerprint density at radius 3 is 2.81 bits per heavy atom. The molecule has 1 fully saturated rings. The van der Waals surface area contributed by atoms with Crippen molar-refractivity contribution >= 4 is 16.8 Å². The summed E-state index contributed by atoms with van der Waals surface area (Å²) in [5.74, 6) is 2.23. The van der Waals surface area contributed by atoms with Crippen molar-refractivity contribution in [1.82, 2.24) is 15.4 Å². The van der Waals surface area contributed by atoms with Gasteiger partial charge in [-0.25, -0.2) is 0 Å². The van der Waals surface area contributed by atoms with E-state index in [1.54, 1.807) is 0 Å². The Morgan fingerprint density at radius 1 is 1.16 bits per heavy atom. The Labute approximate surface area is 188 Å². The third-order valence-corrected chi connectivity index (χ3v) is 6.64. The van der Waals surface area contributed by atoms with Crippen molar-refractivity contribution in [1.29, 1.82) is 0 Å². The van der Waals surface area contributed by atoms with E-state index in [0.29, 0.717) is 11.7 Å². The maximum Gasteiger partial charge on any atom is 0.227 e. The molecule has 0 aliphatic carbocycles. The third kappa shape index (κ3) is 4.51. The zero-order valence-corrected chi connectivity index (χ0v) is 18.9. The average Bonchev–Trinajstić information content (AvgIpc) is 3.33. The summed E-state index contributed by atoms with van der Waals surface area (Å²) in [5, 5.41) is 8.03. The Balaban J connectivity index is 1.09. The van der Waals surface area contributed by atoms with Crippen LogP contribution in [0, 0.1) is 5.92 Å². The Morgan fingerprint density at radius 2 is 1.97 bits per heavy atom. The van der Waals surface area contributed by atoms with Crippen molar-refractivity contribution in [2.75, 3.05) is 19.6 Å². The van der Waals surface area contributed by atoms with Crippen LogP contribution in [0.3, 0.4) is 0 Å². The van der Waals surface area contributed by atoms with Gasteiger partial charge in [-0.05, 0) is 63.4 Å². The van der Waals surface area contributed by atoms with E-state index in [9.17, 15) is 4.79 Å². The number of benzene rings is 2. The number of hydrogen-bond donors (Lipinski definition) is 1. The molecule has 0 atom stereocenters. The first-order chi connectivity index (χ1) is 15.5. The summed E-state index contributed by atoms with van der Waals surface area (Å²) in [5.41, 5.74) is 3.30. The van der Waals surface area contributed by atoms with Gasteiger partial charge in [0.2, 0.25) is 5.91 Å².